The Morgan fingerprint density at radius 2 is 2.14 bits per heavy atom. The number of phenolic OH excluding ortho intramolecular Hbond substituents is 1. The summed E-state index contributed by atoms with van der Waals surface area (Å²) >= 11 is 0. The van der Waals surface area contributed by atoms with Crippen molar-refractivity contribution >= 4 is 5.91 Å². The summed E-state index contributed by atoms with van der Waals surface area (Å²) in [4.78, 5) is 33.7. The Kier molecular flexibility index (Phi) is 3.25. The number of phenols is 1. The van der Waals surface area contributed by atoms with E-state index in [1.807, 2.05) is 0 Å². The fourth-order valence-corrected chi connectivity index (χ4v) is 2.66. The van der Waals surface area contributed by atoms with Crippen LogP contribution in [0.25, 0.3) is 11.3 Å². The van der Waals surface area contributed by atoms with Gasteiger partial charge in [-0.2, -0.15) is 0 Å². The number of hydrogen-bond donors (Lipinski definition) is 1. The molecule has 3 rings (SSSR count). The van der Waals surface area contributed by atoms with Crippen LogP contribution in [-0.4, -0.2) is 22.7 Å². The van der Waals surface area contributed by atoms with Crippen LogP contribution in [0.3, 0.4) is 0 Å². The molecule has 112 valence electrons. The number of aromatic hydroxyl groups is 1. The predicted molar refractivity (Wildman–Crippen MR) is 78.2 cm³/mol. The molecule has 0 bridgehead atoms. The Balaban J connectivity index is 2.21. The van der Waals surface area contributed by atoms with E-state index in [0.29, 0.717) is 30.0 Å². The lowest BCUT2D eigenvalue weighted by Crippen LogP contribution is -2.21. The zero-order valence-electron chi connectivity index (χ0n) is 11.7. The largest absolute Gasteiger partial charge is 0.504 e. The summed E-state index contributed by atoms with van der Waals surface area (Å²) < 4.78 is 6.78. The van der Waals surface area contributed by atoms with Gasteiger partial charge in [0.1, 0.15) is 5.56 Å². The predicted octanol–water partition coefficient (Wildman–Crippen LogP) is 1.69. The van der Waals surface area contributed by atoms with E-state index in [9.17, 15) is 19.6 Å². The molecule has 0 saturated heterocycles. The molecule has 2 heterocycles. The number of ether oxygens (including phenoxy) is 1. The molecule has 7 heteroatoms. The van der Waals surface area contributed by atoms with E-state index < -0.39 is 11.3 Å². The topological polar surface area (TPSA) is 98.0 Å². The Morgan fingerprint density at radius 3 is 2.82 bits per heavy atom. The number of aromatic nitrogens is 1. The van der Waals surface area contributed by atoms with Crippen molar-refractivity contribution in [2.75, 3.05) is 7.11 Å². The van der Waals surface area contributed by atoms with E-state index >= 15 is 0 Å². The summed E-state index contributed by atoms with van der Waals surface area (Å²) in [5.41, 5.74) is 1.38. The number of nitroso groups, excluding NO2 is 1. The third-order valence-corrected chi connectivity index (χ3v) is 3.74. The maximum Gasteiger partial charge on any atom is 0.322 e. The second-order valence-corrected chi connectivity index (χ2v) is 4.96. The fourth-order valence-electron chi connectivity index (χ4n) is 2.66. The molecule has 22 heavy (non-hydrogen) atoms. The van der Waals surface area contributed by atoms with Gasteiger partial charge in [-0.15, -0.1) is 4.91 Å². The maximum atomic E-state index is 12.0. The van der Waals surface area contributed by atoms with Crippen molar-refractivity contribution < 1.29 is 14.6 Å². The number of methoxy groups -OCH3 is 1. The molecule has 0 aliphatic carbocycles. The highest BCUT2D eigenvalue weighted by Crippen LogP contribution is 2.37. The highest BCUT2D eigenvalue weighted by Gasteiger charge is 2.21. The molecule has 2 aromatic rings. The number of carbonyl (C=O) groups excluding carboxylic acids is 1. The summed E-state index contributed by atoms with van der Waals surface area (Å²) in [6, 6.07) is 4.53. The average Bonchev–Trinajstić information content (AvgIpc) is 2.53. The highest BCUT2D eigenvalue weighted by molar-refractivity contribution is 5.94. The van der Waals surface area contributed by atoms with Gasteiger partial charge in [-0.25, -0.2) is 0 Å². The number of nitrogens with zero attached hydrogens (tertiary/aromatic N) is 2. The van der Waals surface area contributed by atoms with Gasteiger partial charge < -0.3 is 14.4 Å². The van der Waals surface area contributed by atoms with Crippen LogP contribution < -0.4 is 10.2 Å². The van der Waals surface area contributed by atoms with Gasteiger partial charge in [-0.1, -0.05) is 0 Å². The number of pyridine rings is 1. The van der Waals surface area contributed by atoms with Crippen LogP contribution in [0.4, 0.5) is 0 Å². The molecule has 0 fully saturated rings. The lowest BCUT2D eigenvalue weighted by Gasteiger charge is -2.23. The van der Waals surface area contributed by atoms with Gasteiger partial charge in [0.2, 0.25) is 0 Å². The molecule has 1 amide bonds. The Bertz CT molecular complexity index is 854. The van der Waals surface area contributed by atoms with Gasteiger partial charge in [0.15, 0.2) is 16.9 Å². The standard InChI is InChI=1S/C15H12N2O5/c1-22-14-4-8-2-3-17-7-10(15(20)16-21)12(18)6-11(17)9(8)5-13(14)19/h4-7,19H,2-3H2,1H3. The quantitative estimate of drug-likeness (QED) is 0.851. The van der Waals surface area contributed by atoms with Crippen molar-refractivity contribution in [1.82, 2.24) is 4.57 Å². The lowest BCUT2D eigenvalue weighted by atomic mass is 9.96. The van der Waals surface area contributed by atoms with Crippen molar-refractivity contribution in [1.29, 1.82) is 0 Å². The van der Waals surface area contributed by atoms with Crippen molar-refractivity contribution in [2.45, 2.75) is 13.0 Å². The molecule has 0 atom stereocenters. The molecule has 0 saturated carbocycles. The van der Waals surface area contributed by atoms with Crippen molar-refractivity contribution in [3.63, 3.8) is 0 Å². The van der Waals surface area contributed by atoms with Gasteiger partial charge in [-0.3, -0.25) is 9.59 Å². The Labute approximate surface area is 124 Å². The third kappa shape index (κ3) is 2.07. The highest BCUT2D eigenvalue weighted by atomic mass is 16.5. The molecule has 1 aliphatic rings. The first-order valence-electron chi connectivity index (χ1n) is 6.57. The molecule has 7 nitrogen and oxygen atoms in total. The molecule has 1 N–H and O–H groups in total. The first-order chi connectivity index (χ1) is 10.5. The van der Waals surface area contributed by atoms with Crippen LogP contribution in [0.15, 0.2) is 34.4 Å². The molecule has 1 aromatic carbocycles. The number of fused-ring (bicyclic) bond motifs is 3. The second kappa shape index (κ2) is 5.10. The normalized spacial score (nSPS) is 12.2. The first kappa shape index (κ1) is 14.0. The van der Waals surface area contributed by atoms with E-state index in [-0.39, 0.29) is 11.3 Å². The third-order valence-electron chi connectivity index (χ3n) is 3.74. The molecule has 0 radical (unpaired) electrons. The molecule has 1 aromatic heterocycles. The van der Waals surface area contributed by atoms with Crippen LogP contribution in [0.5, 0.6) is 11.5 Å². The van der Waals surface area contributed by atoms with Crippen molar-refractivity contribution in [3.8, 4) is 22.8 Å². The van der Waals surface area contributed by atoms with Crippen molar-refractivity contribution in [2.24, 2.45) is 5.18 Å². The van der Waals surface area contributed by atoms with E-state index in [1.54, 1.807) is 10.6 Å². The smallest absolute Gasteiger partial charge is 0.322 e. The lowest BCUT2D eigenvalue weighted by molar-refractivity contribution is 0.0999. The van der Waals surface area contributed by atoms with E-state index in [1.165, 1.54) is 25.4 Å². The fraction of sp³-hybridized carbons (Fsp3) is 0.200. The number of hydrogen-bond acceptors (Lipinski definition) is 5. The maximum absolute atomic E-state index is 12.0. The van der Waals surface area contributed by atoms with Crippen LogP contribution in [0, 0.1) is 4.91 Å². The summed E-state index contributed by atoms with van der Waals surface area (Å²) in [5, 5.41) is 12.2. The molecular formula is C15H12N2O5. The Morgan fingerprint density at radius 1 is 1.36 bits per heavy atom. The Hall–Kier alpha value is -2.96. The van der Waals surface area contributed by atoms with E-state index in [4.69, 9.17) is 4.74 Å². The minimum atomic E-state index is -1.08. The van der Waals surface area contributed by atoms with Gasteiger partial charge in [-0.05, 0) is 24.1 Å². The van der Waals surface area contributed by atoms with Crippen LogP contribution in [-0.2, 0) is 13.0 Å². The zero-order valence-corrected chi connectivity index (χ0v) is 11.7. The van der Waals surface area contributed by atoms with Crippen LogP contribution in [0.1, 0.15) is 15.9 Å². The van der Waals surface area contributed by atoms with E-state index in [0.717, 1.165) is 5.56 Å². The van der Waals surface area contributed by atoms with Crippen molar-refractivity contribution in [3.05, 3.63) is 50.7 Å². The number of carbonyl (C=O) groups is 1. The summed E-state index contributed by atoms with van der Waals surface area (Å²) in [7, 11) is 1.47. The molecule has 0 unspecified atom stereocenters. The summed E-state index contributed by atoms with van der Waals surface area (Å²) in [6.45, 7) is 0.537. The van der Waals surface area contributed by atoms with Gasteiger partial charge in [0.05, 0.1) is 12.8 Å². The number of benzene rings is 1. The van der Waals surface area contributed by atoms with Gasteiger partial charge in [0, 0.05) is 29.5 Å². The molecule has 1 aliphatic heterocycles. The minimum absolute atomic E-state index is 0.0307. The minimum Gasteiger partial charge on any atom is -0.504 e. The molecule has 0 spiro atoms. The number of aryl methyl sites for hydroxylation is 2. The average molecular weight is 300 g/mol. The van der Waals surface area contributed by atoms with Gasteiger partial charge in [0.25, 0.3) is 0 Å². The zero-order chi connectivity index (χ0) is 15.9. The molecular weight excluding hydrogens is 288 g/mol. The van der Waals surface area contributed by atoms with Gasteiger partial charge >= 0.3 is 5.91 Å². The summed E-state index contributed by atoms with van der Waals surface area (Å²) in [6.07, 6.45) is 1.98. The van der Waals surface area contributed by atoms with Crippen LogP contribution in [0.2, 0.25) is 0 Å². The number of amides is 1. The second-order valence-electron chi connectivity index (χ2n) is 4.96. The SMILES string of the molecule is COc1cc2c(cc1O)-c1cc(=O)c(C(=O)N=O)cn1CC2. The van der Waals surface area contributed by atoms with Crippen LogP contribution >= 0.6 is 0 Å². The summed E-state index contributed by atoms with van der Waals surface area (Å²) in [5.74, 6) is -0.743. The van der Waals surface area contributed by atoms with E-state index in [2.05, 4.69) is 5.18 Å². The monoisotopic (exact) mass is 300 g/mol. The number of rotatable bonds is 2. The first-order valence-corrected chi connectivity index (χ1v) is 6.57.